The van der Waals surface area contributed by atoms with Crippen LogP contribution in [0.1, 0.15) is 18.5 Å². The van der Waals surface area contributed by atoms with Crippen LogP contribution in [-0.2, 0) is 11.3 Å². The number of rotatable bonds is 4. The van der Waals surface area contributed by atoms with E-state index in [0.29, 0.717) is 6.61 Å². The first-order chi connectivity index (χ1) is 7.45. The summed E-state index contributed by atoms with van der Waals surface area (Å²) in [5.74, 6) is 0.731. The quantitative estimate of drug-likeness (QED) is 0.877. The lowest BCUT2D eigenvalue weighted by Gasteiger charge is -2.22. The van der Waals surface area contributed by atoms with Crippen LogP contribution in [0.2, 0.25) is 0 Å². The van der Waals surface area contributed by atoms with E-state index in [1.165, 1.54) is 12.8 Å². The topological polar surface area (TPSA) is 34.1 Å². The molecule has 0 saturated carbocycles. The molecule has 0 aromatic carbocycles. The van der Waals surface area contributed by atoms with Gasteiger partial charge in [-0.1, -0.05) is 6.07 Å². The first-order valence-electron chi connectivity index (χ1n) is 5.63. The highest BCUT2D eigenvalue weighted by Gasteiger charge is 2.12. The van der Waals surface area contributed by atoms with Crippen LogP contribution in [0.25, 0.3) is 0 Å². The van der Waals surface area contributed by atoms with Crippen molar-refractivity contribution in [3.8, 4) is 0 Å². The van der Waals surface area contributed by atoms with Crippen LogP contribution in [0.5, 0.6) is 0 Å². The molecule has 90 valence electrons. The number of halogens is 1. The molecular weight excluding hydrogens is 224 g/mol. The molecule has 0 spiro atoms. The number of piperidine rings is 1. The Bertz CT molecular complexity index is 276. The molecule has 3 nitrogen and oxygen atoms in total. The van der Waals surface area contributed by atoms with Crippen LogP contribution < -0.4 is 5.32 Å². The van der Waals surface area contributed by atoms with Gasteiger partial charge in [0.15, 0.2) is 0 Å². The fourth-order valence-electron chi connectivity index (χ4n) is 1.86. The molecule has 1 aromatic heterocycles. The summed E-state index contributed by atoms with van der Waals surface area (Å²) in [5, 5.41) is 3.35. The zero-order chi connectivity index (χ0) is 10.3. The Balaban J connectivity index is 0.00000128. The molecule has 1 aliphatic rings. The first kappa shape index (κ1) is 13.4. The highest BCUT2D eigenvalue weighted by Crippen LogP contribution is 2.12. The van der Waals surface area contributed by atoms with E-state index in [1.54, 1.807) is 0 Å². The van der Waals surface area contributed by atoms with Gasteiger partial charge in [-0.3, -0.25) is 4.98 Å². The molecule has 1 N–H and O–H groups in total. The minimum Gasteiger partial charge on any atom is -0.375 e. The molecule has 1 fully saturated rings. The van der Waals surface area contributed by atoms with Gasteiger partial charge in [0.1, 0.15) is 0 Å². The highest BCUT2D eigenvalue weighted by atomic mass is 35.5. The van der Waals surface area contributed by atoms with Crippen LogP contribution in [0, 0.1) is 5.92 Å². The standard InChI is InChI=1S/C12H18N2O.ClH/c1-2-6-14-12(3-1)10-15-9-11-4-7-13-8-5-11;/h1-3,6,11,13H,4-5,7-10H2;1H. The summed E-state index contributed by atoms with van der Waals surface area (Å²) in [6.45, 7) is 3.79. The number of nitrogens with zero attached hydrogens (tertiary/aromatic N) is 1. The third kappa shape index (κ3) is 4.47. The minimum atomic E-state index is 0. The van der Waals surface area contributed by atoms with E-state index in [4.69, 9.17) is 4.74 Å². The Morgan fingerprint density at radius 2 is 2.12 bits per heavy atom. The van der Waals surface area contributed by atoms with Gasteiger partial charge in [-0.05, 0) is 44.0 Å². The largest absolute Gasteiger partial charge is 0.375 e. The van der Waals surface area contributed by atoms with Gasteiger partial charge in [-0.25, -0.2) is 0 Å². The molecule has 0 aliphatic carbocycles. The number of pyridine rings is 1. The van der Waals surface area contributed by atoms with E-state index < -0.39 is 0 Å². The first-order valence-corrected chi connectivity index (χ1v) is 5.63. The SMILES string of the molecule is Cl.c1ccc(COCC2CCNCC2)nc1. The Kier molecular flexibility index (Phi) is 6.38. The lowest BCUT2D eigenvalue weighted by atomic mass is 9.99. The van der Waals surface area contributed by atoms with E-state index >= 15 is 0 Å². The van der Waals surface area contributed by atoms with Crippen molar-refractivity contribution in [3.63, 3.8) is 0 Å². The molecule has 0 bridgehead atoms. The van der Waals surface area contributed by atoms with Crippen LogP contribution in [0.4, 0.5) is 0 Å². The predicted molar refractivity (Wildman–Crippen MR) is 66.7 cm³/mol. The normalized spacial score (nSPS) is 16.8. The molecule has 1 aromatic rings. The van der Waals surface area contributed by atoms with Crippen molar-refractivity contribution >= 4 is 12.4 Å². The second kappa shape index (κ2) is 7.60. The van der Waals surface area contributed by atoms with Crippen molar-refractivity contribution in [2.45, 2.75) is 19.4 Å². The second-order valence-electron chi connectivity index (χ2n) is 4.03. The lowest BCUT2D eigenvalue weighted by molar-refractivity contribution is 0.0744. The van der Waals surface area contributed by atoms with Gasteiger partial charge >= 0.3 is 0 Å². The molecule has 2 rings (SSSR count). The van der Waals surface area contributed by atoms with Crippen LogP contribution in [0.3, 0.4) is 0 Å². The van der Waals surface area contributed by atoms with Gasteiger partial charge in [0, 0.05) is 6.20 Å². The maximum Gasteiger partial charge on any atom is 0.0887 e. The number of nitrogens with one attached hydrogen (secondary N) is 1. The predicted octanol–water partition coefficient (Wildman–Crippen LogP) is 2.02. The number of ether oxygens (including phenoxy) is 1. The highest BCUT2D eigenvalue weighted by molar-refractivity contribution is 5.85. The zero-order valence-corrected chi connectivity index (χ0v) is 10.2. The Morgan fingerprint density at radius 3 is 2.81 bits per heavy atom. The van der Waals surface area contributed by atoms with Crippen LogP contribution >= 0.6 is 12.4 Å². The van der Waals surface area contributed by atoms with Crippen LogP contribution in [-0.4, -0.2) is 24.7 Å². The molecule has 0 amide bonds. The summed E-state index contributed by atoms with van der Waals surface area (Å²) < 4.78 is 5.67. The van der Waals surface area contributed by atoms with Crippen molar-refractivity contribution in [3.05, 3.63) is 30.1 Å². The van der Waals surface area contributed by atoms with Gasteiger partial charge in [-0.15, -0.1) is 12.4 Å². The summed E-state index contributed by atoms with van der Waals surface area (Å²) in [4.78, 5) is 4.22. The summed E-state index contributed by atoms with van der Waals surface area (Å²) >= 11 is 0. The molecule has 0 radical (unpaired) electrons. The fraction of sp³-hybridized carbons (Fsp3) is 0.583. The van der Waals surface area contributed by atoms with Crippen LogP contribution in [0.15, 0.2) is 24.4 Å². The average Bonchev–Trinajstić information content (AvgIpc) is 2.32. The fourth-order valence-corrected chi connectivity index (χ4v) is 1.86. The smallest absolute Gasteiger partial charge is 0.0887 e. The van der Waals surface area contributed by atoms with Crippen molar-refractivity contribution in [1.29, 1.82) is 0 Å². The number of hydrogen-bond acceptors (Lipinski definition) is 3. The van der Waals surface area contributed by atoms with Gasteiger partial charge in [0.05, 0.1) is 18.9 Å². The Morgan fingerprint density at radius 1 is 1.31 bits per heavy atom. The van der Waals surface area contributed by atoms with Gasteiger partial charge in [-0.2, -0.15) is 0 Å². The van der Waals surface area contributed by atoms with E-state index in [0.717, 1.165) is 31.3 Å². The average molecular weight is 243 g/mol. The number of hydrogen-bond donors (Lipinski definition) is 1. The number of aromatic nitrogens is 1. The summed E-state index contributed by atoms with van der Waals surface area (Å²) in [6, 6.07) is 5.93. The van der Waals surface area contributed by atoms with E-state index in [9.17, 15) is 0 Å². The van der Waals surface area contributed by atoms with Crippen molar-refractivity contribution < 1.29 is 4.74 Å². The van der Waals surface area contributed by atoms with Crippen molar-refractivity contribution in [1.82, 2.24) is 10.3 Å². The second-order valence-corrected chi connectivity index (χ2v) is 4.03. The maximum absolute atomic E-state index is 5.67. The van der Waals surface area contributed by atoms with Gasteiger partial charge in [0.25, 0.3) is 0 Å². The molecule has 0 unspecified atom stereocenters. The molecular formula is C12H19ClN2O. The Labute approximate surface area is 103 Å². The van der Waals surface area contributed by atoms with Crippen molar-refractivity contribution in [2.24, 2.45) is 5.92 Å². The minimum absolute atomic E-state index is 0. The Hall–Kier alpha value is -0.640. The molecule has 1 aliphatic heterocycles. The lowest BCUT2D eigenvalue weighted by Crippen LogP contribution is -2.29. The molecule has 16 heavy (non-hydrogen) atoms. The summed E-state index contributed by atoms with van der Waals surface area (Å²) in [5.41, 5.74) is 1.02. The molecule has 1 saturated heterocycles. The van der Waals surface area contributed by atoms with E-state index in [-0.39, 0.29) is 12.4 Å². The third-order valence-electron chi connectivity index (χ3n) is 2.79. The third-order valence-corrected chi connectivity index (χ3v) is 2.79. The van der Waals surface area contributed by atoms with E-state index in [2.05, 4.69) is 10.3 Å². The molecule has 2 heterocycles. The van der Waals surface area contributed by atoms with Gasteiger partial charge in [0.2, 0.25) is 0 Å². The summed E-state index contributed by atoms with van der Waals surface area (Å²) in [6.07, 6.45) is 4.29. The maximum atomic E-state index is 5.67. The monoisotopic (exact) mass is 242 g/mol. The van der Waals surface area contributed by atoms with E-state index in [1.807, 2.05) is 24.4 Å². The van der Waals surface area contributed by atoms with Crippen molar-refractivity contribution in [2.75, 3.05) is 19.7 Å². The summed E-state index contributed by atoms with van der Waals surface area (Å²) in [7, 11) is 0. The molecule has 0 atom stereocenters. The molecule has 4 heteroatoms. The zero-order valence-electron chi connectivity index (χ0n) is 9.39. The van der Waals surface area contributed by atoms with Gasteiger partial charge < -0.3 is 10.1 Å².